The zero-order valence-corrected chi connectivity index (χ0v) is 12.5. The Labute approximate surface area is 122 Å². The van der Waals surface area contributed by atoms with Crippen molar-refractivity contribution in [3.05, 3.63) is 77.4 Å². The Bertz CT molecular complexity index is 536. The van der Waals surface area contributed by atoms with Gasteiger partial charge in [0, 0.05) is 5.56 Å². The molecule has 20 heavy (non-hydrogen) atoms. The first-order valence-electron chi connectivity index (χ1n) is 7.01. The van der Waals surface area contributed by atoms with Gasteiger partial charge in [-0.15, -0.1) is 0 Å². The Hall–Kier alpha value is -2.15. The van der Waals surface area contributed by atoms with Gasteiger partial charge >= 0.3 is 0 Å². The van der Waals surface area contributed by atoms with Crippen molar-refractivity contribution in [2.45, 2.75) is 27.2 Å². The van der Waals surface area contributed by atoms with Crippen LogP contribution in [0.25, 0.3) is 6.08 Å². The minimum atomic E-state index is 0.0335. The van der Waals surface area contributed by atoms with E-state index in [9.17, 15) is 4.79 Å². The minimum absolute atomic E-state index is 0.0335. The lowest BCUT2D eigenvalue weighted by atomic mass is 10.1. The number of rotatable bonds is 3. The fourth-order valence-electron chi connectivity index (χ4n) is 1.55. The van der Waals surface area contributed by atoms with E-state index >= 15 is 0 Å². The van der Waals surface area contributed by atoms with E-state index in [1.54, 1.807) is 6.08 Å². The van der Waals surface area contributed by atoms with Crippen molar-refractivity contribution in [3.8, 4) is 0 Å². The van der Waals surface area contributed by atoms with Crippen molar-refractivity contribution in [2.75, 3.05) is 0 Å². The standard InChI is InChI=1S/C16H14O.C3H8/c1-13-7-9-14(10-8-13)11-12-16(17)15-5-3-2-4-6-15;1-3-2/h2-12H,1H3;3H2,1-2H3. The molecule has 104 valence electrons. The summed E-state index contributed by atoms with van der Waals surface area (Å²) >= 11 is 0. The molecule has 2 rings (SSSR count). The zero-order chi connectivity index (χ0) is 14.8. The average molecular weight is 266 g/mol. The highest BCUT2D eigenvalue weighted by atomic mass is 16.1. The van der Waals surface area contributed by atoms with E-state index in [-0.39, 0.29) is 5.78 Å². The molecule has 0 amide bonds. The van der Waals surface area contributed by atoms with E-state index in [1.165, 1.54) is 12.0 Å². The Morgan fingerprint density at radius 1 is 0.950 bits per heavy atom. The molecule has 0 aliphatic rings. The first-order chi connectivity index (χ1) is 9.67. The third-order valence-electron chi connectivity index (χ3n) is 2.56. The number of carbonyl (C=O) groups is 1. The normalized spacial score (nSPS) is 9.95. The molecule has 0 aliphatic heterocycles. The highest BCUT2D eigenvalue weighted by molar-refractivity contribution is 6.06. The summed E-state index contributed by atoms with van der Waals surface area (Å²) in [6.45, 7) is 6.29. The monoisotopic (exact) mass is 266 g/mol. The summed E-state index contributed by atoms with van der Waals surface area (Å²) < 4.78 is 0. The van der Waals surface area contributed by atoms with Gasteiger partial charge in [0.25, 0.3) is 0 Å². The van der Waals surface area contributed by atoms with E-state index in [4.69, 9.17) is 0 Å². The second-order valence-electron chi connectivity index (χ2n) is 4.68. The van der Waals surface area contributed by atoms with Crippen LogP contribution in [0.3, 0.4) is 0 Å². The summed E-state index contributed by atoms with van der Waals surface area (Å²) in [4.78, 5) is 11.8. The first kappa shape index (κ1) is 15.9. The van der Waals surface area contributed by atoms with Crippen molar-refractivity contribution < 1.29 is 4.79 Å². The topological polar surface area (TPSA) is 17.1 Å². The quantitative estimate of drug-likeness (QED) is 0.543. The number of aryl methyl sites for hydroxylation is 1. The van der Waals surface area contributed by atoms with Crippen molar-refractivity contribution in [1.82, 2.24) is 0 Å². The molecule has 1 heteroatoms. The lowest BCUT2D eigenvalue weighted by Crippen LogP contribution is -1.92. The van der Waals surface area contributed by atoms with Crippen LogP contribution < -0.4 is 0 Å². The van der Waals surface area contributed by atoms with Crippen LogP contribution >= 0.6 is 0 Å². The van der Waals surface area contributed by atoms with Crippen molar-refractivity contribution >= 4 is 11.9 Å². The Kier molecular flexibility index (Phi) is 7.05. The molecule has 0 aliphatic carbocycles. The highest BCUT2D eigenvalue weighted by Crippen LogP contribution is 2.07. The van der Waals surface area contributed by atoms with E-state index in [2.05, 4.69) is 13.8 Å². The van der Waals surface area contributed by atoms with Crippen LogP contribution in [0.2, 0.25) is 0 Å². The number of hydrogen-bond donors (Lipinski definition) is 0. The van der Waals surface area contributed by atoms with Crippen LogP contribution in [-0.2, 0) is 0 Å². The first-order valence-corrected chi connectivity index (χ1v) is 7.01. The summed E-state index contributed by atoms with van der Waals surface area (Å²) in [5, 5.41) is 0. The van der Waals surface area contributed by atoms with E-state index in [0.29, 0.717) is 0 Å². The minimum Gasteiger partial charge on any atom is -0.289 e. The molecule has 0 saturated carbocycles. The van der Waals surface area contributed by atoms with Gasteiger partial charge in [0.15, 0.2) is 5.78 Å². The molecule has 0 spiro atoms. The Morgan fingerprint density at radius 2 is 1.50 bits per heavy atom. The maximum Gasteiger partial charge on any atom is 0.185 e. The predicted molar refractivity (Wildman–Crippen MR) is 87.0 cm³/mol. The second-order valence-corrected chi connectivity index (χ2v) is 4.68. The molecule has 0 unspecified atom stereocenters. The smallest absolute Gasteiger partial charge is 0.185 e. The average Bonchev–Trinajstić information content (AvgIpc) is 2.48. The maximum atomic E-state index is 11.8. The molecule has 0 aromatic heterocycles. The molecule has 2 aromatic rings. The van der Waals surface area contributed by atoms with Gasteiger partial charge in [-0.2, -0.15) is 0 Å². The van der Waals surface area contributed by atoms with Gasteiger partial charge in [-0.05, 0) is 18.6 Å². The SMILES string of the molecule is CCC.Cc1ccc(C=CC(=O)c2ccccc2)cc1. The lowest BCUT2D eigenvalue weighted by Gasteiger charge is -1.96. The van der Waals surface area contributed by atoms with Crippen LogP contribution in [-0.4, -0.2) is 5.78 Å². The number of ketones is 1. The van der Waals surface area contributed by atoms with E-state index in [1.807, 2.05) is 67.6 Å². The molecule has 0 atom stereocenters. The zero-order valence-electron chi connectivity index (χ0n) is 12.5. The van der Waals surface area contributed by atoms with Crippen molar-refractivity contribution in [3.63, 3.8) is 0 Å². The van der Waals surface area contributed by atoms with Gasteiger partial charge < -0.3 is 0 Å². The third-order valence-corrected chi connectivity index (χ3v) is 2.56. The van der Waals surface area contributed by atoms with Crippen molar-refractivity contribution in [1.29, 1.82) is 0 Å². The van der Waals surface area contributed by atoms with Crippen LogP contribution in [0, 0.1) is 6.92 Å². The second kappa shape index (κ2) is 8.87. The van der Waals surface area contributed by atoms with E-state index < -0.39 is 0 Å². The molecular weight excluding hydrogens is 244 g/mol. The Balaban J connectivity index is 0.000000612. The maximum absolute atomic E-state index is 11.8. The fourth-order valence-corrected chi connectivity index (χ4v) is 1.55. The van der Waals surface area contributed by atoms with E-state index in [0.717, 1.165) is 11.1 Å². The molecule has 2 aromatic carbocycles. The number of benzene rings is 2. The molecule has 0 bridgehead atoms. The van der Waals surface area contributed by atoms with Crippen LogP contribution in [0.15, 0.2) is 60.7 Å². The molecule has 0 N–H and O–H groups in total. The predicted octanol–water partition coefficient (Wildman–Crippen LogP) is 5.31. The molecule has 0 radical (unpaired) electrons. The summed E-state index contributed by atoms with van der Waals surface area (Å²) in [5.41, 5.74) is 2.98. The van der Waals surface area contributed by atoms with Gasteiger partial charge in [0.1, 0.15) is 0 Å². The summed E-state index contributed by atoms with van der Waals surface area (Å²) in [6.07, 6.45) is 4.70. The third kappa shape index (κ3) is 5.66. The van der Waals surface area contributed by atoms with Crippen LogP contribution in [0.1, 0.15) is 41.8 Å². The summed E-state index contributed by atoms with van der Waals surface area (Å²) in [5.74, 6) is 0.0335. The molecular formula is C19H22O. The fraction of sp³-hybridized carbons (Fsp3) is 0.211. The Morgan fingerprint density at radius 3 is 2.05 bits per heavy atom. The molecule has 1 nitrogen and oxygen atoms in total. The molecule has 0 fully saturated rings. The van der Waals surface area contributed by atoms with Gasteiger partial charge in [0.05, 0.1) is 0 Å². The highest BCUT2D eigenvalue weighted by Gasteiger charge is 1.98. The molecule has 0 saturated heterocycles. The number of allylic oxidation sites excluding steroid dienone is 1. The number of hydrogen-bond acceptors (Lipinski definition) is 1. The van der Waals surface area contributed by atoms with Gasteiger partial charge in [-0.25, -0.2) is 0 Å². The van der Waals surface area contributed by atoms with Crippen LogP contribution in [0.5, 0.6) is 0 Å². The summed E-state index contributed by atoms with van der Waals surface area (Å²) in [6, 6.07) is 17.4. The van der Waals surface area contributed by atoms with Crippen LogP contribution in [0.4, 0.5) is 0 Å². The van der Waals surface area contributed by atoms with Gasteiger partial charge in [0.2, 0.25) is 0 Å². The van der Waals surface area contributed by atoms with Gasteiger partial charge in [-0.3, -0.25) is 4.79 Å². The number of carbonyl (C=O) groups excluding carboxylic acids is 1. The van der Waals surface area contributed by atoms with Crippen molar-refractivity contribution in [2.24, 2.45) is 0 Å². The summed E-state index contributed by atoms with van der Waals surface area (Å²) in [7, 11) is 0. The molecule has 0 heterocycles. The van der Waals surface area contributed by atoms with Gasteiger partial charge in [-0.1, -0.05) is 86.5 Å². The lowest BCUT2D eigenvalue weighted by molar-refractivity contribution is 0.104. The largest absolute Gasteiger partial charge is 0.289 e.